The van der Waals surface area contributed by atoms with Gasteiger partial charge in [-0.2, -0.15) is 0 Å². The molecule has 0 heterocycles. The van der Waals surface area contributed by atoms with Crippen LogP contribution in [-0.4, -0.2) is 34.9 Å². The molecule has 38 valence electrons. The molecular formula is H4AlKO4S. The monoisotopic (exact) mass is 166 g/mol. The van der Waals surface area contributed by atoms with Crippen LogP contribution in [0.4, 0.5) is 0 Å². The predicted molar refractivity (Wildman–Crippen MR) is 22.3 cm³/mol. The van der Waals surface area contributed by atoms with E-state index in [1.165, 1.54) is 0 Å². The van der Waals surface area contributed by atoms with E-state index in [-0.39, 0.29) is 68.7 Å². The average molecular weight is 166 g/mol. The molecule has 1 N–H and O–H groups in total. The van der Waals surface area contributed by atoms with Gasteiger partial charge in [-0.3, -0.25) is 4.55 Å². The first-order chi connectivity index (χ1) is 2.00. The van der Waals surface area contributed by atoms with Crippen LogP contribution in [0, 0.1) is 0 Å². The summed E-state index contributed by atoms with van der Waals surface area (Å²) in [6.07, 6.45) is 0. The van der Waals surface area contributed by atoms with E-state index in [1.807, 2.05) is 0 Å². The third-order valence-electron chi connectivity index (χ3n) is 0. The molecule has 0 aliphatic rings. The first-order valence-electron chi connectivity index (χ1n) is 0.683. The maximum Gasteiger partial charge on any atom is 1.00 e. The van der Waals surface area contributed by atoms with Crippen LogP contribution in [0.2, 0.25) is 0 Å². The van der Waals surface area contributed by atoms with Crippen molar-refractivity contribution in [3.05, 3.63) is 0 Å². The molecule has 0 saturated heterocycles. The van der Waals surface area contributed by atoms with Crippen molar-refractivity contribution in [3.8, 4) is 0 Å². The van der Waals surface area contributed by atoms with Gasteiger partial charge in [-0.05, 0) is 0 Å². The van der Waals surface area contributed by atoms with Gasteiger partial charge in [-0.25, -0.2) is 8.42 Å². The fraction of sp³-hybridized carbons (Fsp3) is 0. The summed E-state index contributed by atoms with van der Waals surface area (Å²) >= 11 is 0. The van der Waals surface area contributed by atoms with Gasteiger partial charge in [0.15, 0.2) is 17.4 Å². The van der Waals surface area contributed by atoms with Crippen LogP contribution >= 0.6 is 0 Å². The van der Waals surface area contributed by atoms with Crippen LogP contribution in [0.1, 0.15) is 0 Å². The second-order valence-corrected chi connectivity index (χ2v) is 1.28. The molecule has 0 fully saturated rings. The Morgan fingerprint density at radius 2 is 1.43 bits per heavy atom. The maximum atomic E-state index is 8.63. The van der Waals surface area contributed by atoms with Crippen molar-refractivity contribution in [2.45, 2.75) is 0 Å². The molecule has 0 amide bonds. The number of hydrogen-bond acceptors (Lipinski definition) is 3. The van der Waals surface area contributed by atoms with E-state index in [4.69, 9.17) is 17.5 Å². The minimum atomic E-state index is -4.92. The first kappa shape index (κ1) is 16.0. The van der Waals surface area contributed by atoms with Gasteiger partial charge in [0.2, 0.25) is 10.4 Å². The number of rotatable bonds is 0. The minimum absolute atomic E-state index is 0. The zero-order chi connectivity index (χ0) is 4.50. The molecule has 0 aromatic heterocycles. The van der Waals surface area contributed by atoms with Crippen molar-refractivity contribution in [1.82, 2.24) is 0 Å². The summed E-state index contributed by atoms with van der Waals surface area (Å²) in [4.78, 5) is 0. The Kier molecular flexibility index (Phi) is 14.1. The quantitative estimate of drug-likeness (QED) is 0.222. The third-order valence-corrected chi connectivity index (χ3v) is 0. The summed E-state index contributed by atoms with van der Waals surface area (Å²) < 4.78 is 32.8. The fourth-order valence-electron chi connectivity index (χ4n) is 0. The van der Waals surface area contributed by atoms with Crippen LogP contribution in [0.5, 0.6) is 0 Å². The fourth-order valence-corrected chi connectivity index (χ4v) is 0. The second kappa shape index (κ2) is 6.16. The van der Waals surface area contributed by atoms with Crippen molar-refractivity contribution in [2.75, 3.05) is 0 Å². The molecule has 0 unspecified atom stereocenters. The largest absolute Gasteiger partial charge is 1.00 e. The molecule has 0 aliphatic carbocycles. The smallest absolute Gasteiger partial charge is 0.726 e. The molecule has 0 aliphatic heterocycles. The predicted octanol–water partition coefficient (Wildman–Crippen LogP) is -5.18. The Hall–Kier alpha value is 2.04. The Morgan fingerprint density at radius 3 is 1.43 bits per heavy atom. The zero-order valence-corrected chi connectivity index (χ0v) is 7.02. The van der Waals surface area contributed by atoms with Gasteiger partial charge >= 0.3 is 51.4 Å². The molecule has 7 heteroatoms. The summed E-state index contributed by atoms with van der Waals surface area (Å²) in [5.41, 5.74) is 0. The Labute approximate surface area is 94.8 Å². The molecule has 4 nitrogen and oxygen atoms in total. The van der Waals surface area contributed by atoms with E-state index >= 15 is 0 Å². The number of hydrogen-bond donors (Lipinski definition) is 1. The summed E-state index contributed by atoms with van der Waals surface area (Å²) in [6.45, 7) is 0. The second-order valence-electron chi connectivity index (χ2n) is 0.428. The Morgan fingerprint density at radius 1 is 1.43 bits per heavy atom. The van der Waals surface area contributed by atoms with Gasteiger partial charge in [0.1, 0.15) is 0 Å². The van der Waals surface area contributed by atoms with Gasteiger partial charge in [-0.15, -0.1) is 0 Å². The zero-order valence-electron chi connectivity index (χ0n) is 3.08. The van der Waals surface area contributed by atoms with Gasteiger partial charge < -0.3 is 4.55 Å². The summed E-state index contributed by atoms with van der Waals surface area (Å²) in [5, 5.41) is 0. The minimum Gasteiger partial charge on any atom is -0.726 e. The third kappa shape index (κ3) is 70.5. The van der Waals surface area contributed by atoms with E-state index in [0.29, 0.717) is 0 Å². The standard InChI is InChI=1S/Al.K.H2O4S.3H/c;;1-5(2,3)4;;;/h;;(H2,1,2,3,4);;;/q;+1;;;;/p-1. The van der Waals surface area contributed by atoms with E-state index in [1.54, 1.807) is 0 Å². The SMILES string of the molecule is O=S(=O)([O-])O.[AlH3].[K+]. The van der Waals surface area contributed by atoms with Gasteiger partial charge in [0.05, 0.1) is 0 Å². The molecular weight excluding hydrogens is 162 g/mol. The molecule has 0 radical (unpaired) electrons. The molecule has 0 atom stereocenters. The van der Waals surface area contributed by atoms with Crippen molar-refractivity contribution >= 4 is 27.8 Å². The van der Waals surface area contributed by atoms with Crippen molar-refractivity contribution < 1.29 is 68.9 Å². The summed E-state index contributed by atoms with van der Waals surface area (Å²) in [7, 11) is -4.92. The van der Waals surface area contributed by atoms with Crippen LogP contribution in [0.3, 0.4) is 0 Å². The van der Waals surface area contributed by atoms with Crippen molar-refractivity contribution in [3.63, 3.8) is 0 Å². The van der Waals surface area contributed by atoms with Crippen LogP contribution in [0.25, 0.3) is 0 Å². The summed E-state index contributed by atoms with van der Waals surface area (Å²) in [5.74, 6) is 0. The maximum absolute atomic E-state index is 8.63. The van der Waals surface area contributed by atoms with Crippen molar-refractivity contribution in [2.24, 2.45) is 0 Å². The van der Waals surface area contributed by atoms with Crippen LogP contribution < -0.4 is 51.4 Å². The van der Waals surface area contributed by atoms with E-state index < -0.39 is 10.4 Å². The van der Waals surface area contributed by atoms with Crippen molar-refractivity contribution in [1.29, 1.82) is 0 Å². The van der Waals surface area contributed by atoms with Crippen LogP contribution in [-0.2, 0) is 10.4 Å². The van der Waals surface area contributed by atoms with E-state index in [9.17, 15) is 0 Å². The molecule has 0 rings (SSSR count). The molecule has 0 saturated carbocycles. The molecule has 7 heavy (non-hydrogen) atoms. The molecule has 0 bridgehead atoms. The molecule has 0 spiro atoms. The Balaban J connectivity index is -0.0000000800. The molecule has 0 aromatic rings. The van der Waals surface area contributed by atoms with Gasteiger partial charge in [-0.1, -0.05) is 0 Å². The van der Waals surface area contributed by atoms with Crippen LogP contribution in [0.15, 0.2) is 0 Å². The normalized spacial score (nSPS) is 8.29. The topological polar surface area (TPSA) is 77.4 Å². The average Bonchev–Trinajstić information content (AvgIpc) is 0.722. The first-order valence-corrected chi connectivity index (χ1v) is 2.05. The van der Waals surface area contributed by atoms with E-state index in [0.717, 1.165) is 0 Å². The Bertz CT molecular complexity index is 94.9. The molecule has 0 aromatic carbocycles. The van der Waals surface area contributed by atoms with E-state index in [2.05, 4.69) is 0 Å². The van der Waals surface area contributed by atoms with Gasteiger partial charge in [0, 0.05) is 0 Å². The van der Waals surface area contributed by atoms with Gasteiger partial charge in [0.25, 0.3) is 0 Å². The summed E-state index contributed by atoms with van der Waals surface area (Å²) in [6, 6.07) is 0.